The van der Waals surface area contributed by atoms with Crippen LogP contribution < -0.4 is 10.6 Å². The van der Waals surface area contributed by atoms with Crippen molar-refractivity contribution >= 4 is 22.7 Å². The summed E-state index contributed by atoms with van der Waals surface area (Å²) in [6, 6.07) is 10.2. The van der Waals surface area contributed by atoms with Crippen molar-refractivity contribution in [1.29, 1.82) is 0 Å². The first-order valence-corrected chi connectivity index (χ1v) is 6.35. The minimum atomic E-state index is 0.815. The predicted octanol–water partition coefficient (Wildman–Crippen LogP) is 3.36. The summed E-state index contributed by atoms with van der Waals surface area (Å²) in [5.41, 5.74) is 9.09. The van der Waals surface area contributed by atoms with Gasteiger partial charge in [0.25, 0.3) is 0 Å². The fourth-order valence-electron chi connectivity index (χ4n) is 1.67. The Morgan fingerprint density at radius 1 is 1.19 bits per heavy atom. The van der Waals surface area contributed by atoms with Gasteiger partial charge in [-0.1, -0.05) is 0 Å². The molecule has 16 heavy (non-hydrogen) atoms. The molecule has 0 unspecified atom stereocenters. The van der Waals surface area contributed by atoms with Gasteiger partial charge in [0.15, 0.2) is 0 Å². The van der Waals surface area contributed by atoms with Crippen molar-refractivity contribution in [1.82, 2.24) is 0 Å². The van der Waals surface area contributed by atoms with Crippen molar-refractivity contribution in [3.8, 4) is 0 Å². The molecular weight excluding hydrogens is 216 g/mol. The Morgan fingerprint density at radius 3 is 2.50 bits per heavy atom. The fourth-order valence-corrected chi connectivity index (χ4v) is 2.33. The van der Waals surface area contributed by atoms with E-state index < -0.39 is 0 Å². The molecule has 0 radical (unpaired) electrons. The predicted molar refractivity (Wildman–Crippen MR) is 71.9 cm³/mol. The molecule has 2 rings (SSSR count). The maximum absolute atomic E-state index is 5.69. The van der Waals surface area contributed by atoms with E-state index in [4.69, 9.17) is 5.73 Å². The summed E-state index contributed by atoms with van der Waals surface area (Å²) in [6.45, 7) is 4.13. The van der Waals surface area contributed by atoms with Gasteiger partial charge < -0.3 is 10.6 Å². The molecule has 0 amide bonds. The van der Waals surface area contributed by atoms with Crippen LogP contribution in [0.4, 0.5) is 11.4 Å². The summed E-state index contributed by atoms with van der Waals surface area (Å²) in [6.07, 6.45) is 0. The first-order chi connectivity index (χ1) is 7.79. The van der Waals surface area contributed by atoms with E-state index in [9.17, 15) is 0 Å². The third kappa shape index (κ3) is 2.55. The standard InChI is InChI=1S/C13H16N2S/c1-2-15(9-11-7-8-16-10-11)13-5-3-12(14)4-6-13/h3-8,10H,2,9,14H2,1H3. The lowest BCUT2D eigenvalue weighted by Crippen LogP contribution is -2.21. The van der Waals surface area contributed by atoms with Crippen LogP contribution in [0.25, 0.3) is 0 Å². The normalized spacial score (nSPS) is 10.3. The zero-order valence-corrected chi connectivity index (χ0v) is 10.2. The van der Waals surface area contributed by atoms with E-state index in [-0.39, 0.29) is 0 Å². The Balaban J connectivity index is 2.13. The molecule has 2 nitrogen and oxygen atoms in total. The van der Waals surface area contributed by atoms with Crippen LogP contribution in [0.15, 0.2) is 41.1 Å². The third-order valence-electron chi connectivity index (χ3n) is 2.59. The Labute approximate surface area is 100 Å². The van der Waals surface area contributed by atoms with Gasteiger partial charge in [-0.25, -0.2) is 0 Å². The quantitative estimate of drug-likeness (QED) is 0.819. The molecule has 2 aromatic rings. The SMILES string of the molecule is CCN(Cc1ccsc1)c1ccc(N)cc1. The smallest absolute Gasteiger partial charge is 0.0437 e. The first kappa shape index (κ1) is 11.0. The molecule has 1 aromatic heterocycles. The number of benzene rings is 1. The molecular formula is C13H16N2S. The average Bonchev–Trinajstić information content (AvgIpc) is 2.80. The highest BCUT2D eigenvalue weighted by Crippen LogP contribution is 2.19. The van der Waals surface area contributed by atoms with Crippen LogP contribution in [-0.4, -0.2) is 6.54 Å². The minimum Gasteiger partial charge on any atom is -0.399 e. The second-order valence-corrected chi connectivity index (χ2v) is 4.52. The van der Waals surface area contributed by atoms with Gasteiger partial charge in [0.2, 0.25) is 0 Å². The van der Waals surface area contributed by atoms with Crippen LogP contribution in [0.5, 0.6) is 0 Å². The van der Waals surface area contributed by atoms with Crippen molar-refractivity contribution < 1.29 is 0 Å². The number of thiophene rings is 1. The van der Waals surface area contributed by atoms with E-state index in [2.05, 4.69) is 40.8 Å². The lowest BCUT2D eigenvalue weighted by Gasteiger charge is -2.22. The van der Waals surface area contributed by atoms with Crippen LogP contribution in [0.2, 0.25) is 0 Å². The summed E-state index contributed by atoms with van der Waals surface area (Å²) in [4.78, 5) is 2.33. The highest BCUT2D eigenvalue weighted by molar-refractivity contribution is 7.07. The van der Waals surface area contributed by atoms with Gasteiger partial charge in [0.1, 0.15) is 0 Å². The van der Waals surface area contributed by atoms with Crippen molar-refractivity contribution in [2.24, 2.45) is 0 Å². The highest BCUT2D eigenvalue weighted by atomic mass is 32.1. The van der Waals surface area contributed by atoms with Crippen LogP contribution in [0.1, 0.15) is 12.5 Å². The number of nitrogen functional groups attached to an aromatic ring is 1. The number of nitrogens with zero attached hydrogens (tertiary/aromatic N) is 1. The molecule has 0 aliphatic rings. The highest BCUT2D eigenvalue weighted by Gasteiger charge is 2.04. The van der Waals surface area contributed by atoms with Gasteiger partial charge in [0, 0.05) is 24.5 Å². The number of nitrogens with two attached hydrogens (primary N) is 1. The summed E-state index contributed by atoms with van der Waals surface area (Å²) in [7, 11) is 0. The lowest BCUT2D eigenvalue weighted by atomic mass is 10.2. The molecule has 0 fully saturated rings. The van der Waals surface area contributed by atoms with Crippen molar-refractivity contribution in [3.05, 3.63) is 46.7 Å². The number of hydrogen-bond acceptors (Lipinski definition) is 3. The van der Waals surface area contributed by atoms with Crippen molar-refractivity contribution in [2.45, 2.75) is 13.5 Å². The Morgan fingerprint density at radius 2 is 1.94 bits per heavy atom. The summed E-state index contributed by atoms with van der Waals surface area (Å²) in [5, 5.41) is 4.31. The summed E-state index contributed by atoms with van der Waals surface area (Å²) in [5.74, 6) is 0. The maximum atomic E-state index is 5.69. The van der Waals surface area contributed by atoms with E-state index in [1.165, 1.54) is 11.3 Å². The molecule has 1 aromatic carbocycles. The molecule has 0 atom stereocenters. The molecule has 1 heterocycles. The molecule has 84 valence electrons. The van der Waals surface area contributed by atoms with Crippen LogP contribution >= 0.6 is 11.3 Å². The van der Waals surface area contributed by atoms with Gasteiger partial charge in [-0.3, -0.25) is 0 Å². The molecule has 3 heteroatoms. The molecule has 0 aliphatic heterocycles. The van der Waals surface area contributed by atoms with Crippen molar-refractivity contribution in [3.63, 3.8) is 0 Å². The van der Waals surface area contributed by atoms with Gasteiger partial charge in [0.05, 0.1) is 0 Å². The first-order valence-electron chi connectivity index (χ1n) is 5.41. The van der Waals surface area contributed by atoms with Gasteiger partial charge in [-0.2, -0.15) is 11.3 Å². The monoisotopic (exact) mass is 232 g/mol. The molecule has 2 N–H and O–H groups in total. The number of hydrogen-bond donors (Lipinski definition) is 1. The molecule has 0 saturated heterocycles. The van der Waals surface area contributed by atoms with Crippen LogP contribution in [-0.2, 0) is 6.54 Å². The average molecular weight is 232 g/mol. The van der Waals surface area contributed by atoms with Crippen LogP contribution in [0, 0.1) is 0 Å². The van der Waals surface area contributed by atoms with E-state index in [0.29, 0.717) is 0 Å². The van der Waals surface area contributed by atoms with Crippen LogP contribution in [0.3, 0.4) is 0 Å². The molecule has 0 aliphatic carbocycles. The number of anilines is 2. The molecule has 0 bridgehead atoms. The molecule has 0 spiro atoms. The van der Waals surface area contributed by atoms with Gasteiger partial charge in [-0.05, 0) is 53.6 Å². The largest absolute Gasteiger partial charge is 0.399 e. The van der Waals surface area contributed by atoms with Gasteiger partial charge >= 0.3 is 0 Å². The van der Waals surface area contributed by atoms with Crippen molar-refractivity contribution in [2.75, 3.05) is 17.2 Å². The Kier molecular flexibility index (Phi) is 3.47. The van der Waals surface area contributed by atoms with E-state index in [1.54, 1.807) is 11.3 Å². The zero-order valence-electron chi connectivity index (χ0n) is 9.39. The van der Waals surface area contributed by atoms with E-state index in [0.717, 1.165) is 18.8 Å². The Bertz CT molecular complexity index is 420. The molecule has 0 saturated carbocycles. The maximum Gasteiger partial charge on any atom is 0.0437 e. The minimum absolute atomic E-state index is 0.815. The zero-order chi connectivity index (χ0) is 11.4. The van der Waals surface area contributed by atoms with Gasteiger partial charge in [-0.15, -0.1) is 0 Å². The Hall–Kier alpha value is -1.48. The second kappa shape index (κ2) is 5.03. The second-order valence-electron chi connectivity index (χ2n) is 3.74. The van der Waals surface area contributed by atoms with E-state index in [1.807, 2.05) is 12.1 Å². The third-order valence-corrected chi connectivity index (χ3v) is 3.33. The number of rotatable bonds is 4. The lowest BCUT2D eigenvalue weighted by molar-refractivity contribution is 0.835. The summed E-state index contributed by atoms with van der Waals surface area (Å²) >= 11 is 1.74. The summed E-state index contributed by atoms with van der Waals surface area (Å²) < 4.78 is 0. The fraction of sp³-hybridized carbons (Fsp3) is 0.231. The van der Waals surface area contributed by atoms with E-state index >= 15 is 0 Å². The topological polar surface area (TPSA) is 29.3 Å².